The van der Waals surface area contributed by atoms with Crippen LogP contribution in [0.2, 0.25) is 0 Å². The van der Waals surface area contributed by atoms with Crippen molar-refractivity contribution in [1.29, 1.82) is 0 Å². The minimum Gasteiger partial charge on any atom is -0.496 e. The van der Waals surface area contributed by atoms with Gasteiger partial charge < -0.3 is 9.64 Å². The largest absolute Gasteiger partial charge is 0.496 e. The maximum absolute atomic E-state index is 12.9. The second kappa shape index (κ2) is 7.16. The molecule has 1 aromatic rings. The average Bonchev–Trinajstić information content (AvgIpc) is 2.63. The second-order valence-electron chi connectivity index (χ2n) is 7.66. The van der Waals surface area contributed by atoms with Gasteiger partial charge in [0.15, 0.2) is 0 Å². The molecule has 3 heteroatoms. The quantitative estimate of drug-likeness (QED) is 0.837. The first-order valence-electron chi connectivity index (χ1n) is 9.47. The summed E-state index contributed by atoms with van der Waals surface area (Å²) in [7, 11) is 1.75. The van der Waals surface area contributed by atoms with Gasteiger partial charge in [-0.05, 0) is 86.6 Å². The van der Waals surface area contributed by atoms with Gasteiger partial charge in [-0.25, -0.2) is 0 Å². The summed E-state index contributed by atoms with van der Waals surface area (Å²) in [5.74, 6) is 1.95. The van der Waals surface area contributed by atoms with Crippen molar-refractivity contribution in [1.82, 2.24) is 4.90 Å². The van der Waals surface area contributed by atoms with Crippen LogP contribution in [0.25, 0.3) is 0 Å². The van der Waals surface area contributed by atoms with Crippen LogP contribution < -0.4 is 4.74 Å². The van der Waals surface area contributed by atoms with Crippen molar-refractivity contribution in [3.63, 3.8) is 0 Å². The van der Waals surface area contributed by atoms with Crippen LogP contribution in [-0.4, -0.2) is 31.0 Å². The standard InChI is InChI=1S/C21H31NO2/c1-14-12-20(24-4)16(3)19-13-17(8-9-18(14)19)15(2)21(23)22-10-6-5-7-11-22/h12,15,17H,5-11,13H2,1-4H3/t15?,17-/m1/s1. The Kier molecular flexibility index (Phi) is 5.17. The number of ether oxygens (including phenoxy) is 1. The normalized spacial score (nSPS) is 22.0. The molecular formula is C21H31NO2. The molecular weight excluding hydrogens is 298 g/mol. The molecule has 24 heavy (non-hydrogen) atoms. The molecule has 3 rings (SSSR count). The lowest BCUT2D eigenvalue weighted by Gasteiger charge is -2.35. The van der Waals surface area contributed by atoms with Crippen molar-refractivity contribution >= 4 is 5.91 Å². The van der Waals surface area contributed by atoms with E-state index in [4.69, 9.17) is 4.74 Å². The maximum Gasteiger partial charge on any atom is 0.225 e. The molecule has 0 radical (unpaired) electrons. The molecule has 1 aliphatic heterocycles. The van der Waals surface area contributed by atoms with Crippen LogP contribution in [-0.2, 0) is 17.6 Å². The van der Waals surface area contributed by atoms with Crippen LogP contribution in [0.15, 0.2) is 6.07 Å². The van der Waals surface area contributed by atoms with Crippen LogP contribution in [0.4, 0.5) is 0 Å². The zero-order valence-electron chi connectivity index (χ0n) is 15.7. The number of carbonyl (C=O) groups is 1. The lowest BCUT2D eigenvalue weighted by molar-refractivity contribution is -0.137. The van der Waals surface area contributed by atoms with Crippen LogP contribution in [0.1, 0.15) is 54.9 Å². The molecule has 1 aromatic carbocycles. The zero-order valence-corrected chi connectivity index (χ0v) is 15.7. The van der Waals surface area contributed by atoms with Gasteiger partial charge in [0.05, 0.1) is 7.11 Å². The van der Waals surface area contributed by atoms with Crippen LogP contribution >= 0.6 is 0 Å². The van der Waals surface area contributed by atoms with Gasteiger partial charge in [0.1, 0.15) is 5.75 Å². The third kappa shape index (κ3) is 3.18. The summed E-state index contributed by atoms with van der Waals surface area (Å²) in [5.41, 5.74) is 5.52. The number of amides is 1. The Morgan fingerprint density at radius 1 is 1.21 bits per heavy atom. The van der Waals surface area contributed by atoms with Gasteiger partial charge >= 0.3 is 0 Å². The van der Waals surface area contributed by atoms with Crippen LogP contribution in [0, 0.1) is 25.7 Å². The fourth-order valence-corrected chi connectivity index (χ4v) is 4.57. The number of hydrogen-bond acceptors (Lipinski definition) is 2. The molecule has 1 heterocycles. The first-order valence-corrected chi connectivity index (χ1v) is 9.47. The highest BCUT2D eigenvalue weighted by Crippen LogP contribution is 2.38. The lowest BCUT2D eigenvalue weighted by Crippen LogP contribution is -2.42. The summed E-state index contributed by atoms with van der Waals surface area (Å²) in [6, 6.07) is 2.16. The predicted octanol–water partition coefficient (Wildman–Crippen LogP) is 4.07. The maximum atomic E-state index is 12.9. The van der Waals surface area contributed by atoms with Crippen molar-refractivity contribution < 1.29 is 9.53 Å². The number of likely N-dealkylation sites (tertiary alicyclic amines) is 1. The number of hydrogen-bond donors (Lipinski definition) is 0. The molecule has 1 saturated heterocycles. The molecule has 0 saturated carbocycles. The smallest absolute Gasteiger partial charge is 0.225 e. The van der Waals surface area contributed by atoms with Gasteiger partial charge in [-0.1, -0.05) is 6.92 Å². The molecule has 3 nitrogen and oxygen atoms in total. The van der Waals surface area contributed by atoms with Gasteiger partial charge in [0, 0.05) is 19.0 Å². The summed E-state index contributed by atoms with van der Waals surface area (Å²) in [6.45, 7) is 8.41. The van der Waals surface area contributed by atoms with E-state index in [1.165, 1.54) is 41.5 Å². The van der Waals surface area contributed by atoms with Gasteiger partial charge in [-0.3, -0.25) is 4.79 Å². The minimum atomic E-state index is 0.127. The number of aryl methyl sites for hydroxylation is 1. The molecule has 2 atom stereocenters. The molecule has 132 valence electrons. The molecule has 1 unspecified atom stereocenters. The second-order valence-corrected chi connectivity index (χ2v) is 7.66. The Hall–Kier alpha value is -1.51. The fraction of sp³-hybridized carbons (Fsp3) is 0.667. The first kappa shape index (κ1) is 17.3. The number of nitrogens with zero attached hydrogens (tertiary/aromatic N) is 1. The van der Waals surface area contributed by atoms with E-state index in [-0.39, 0.29) is 5.92 Å². The van der Waals surface area contributed by atoms with Gasteiger partial charge in [-0.2, -0.15) is 0 Å². The molecule has 1 aliphatic carbocycles. The third-order valence-electron chi connectivity index (χ3n) is 6.23. The monoisotopic (exact) mass is 329 g/mol. The minimum absolute atomic E-state index is 0.127. The van der Waals surface area contributed by atoms with E-state index in [0.717, 1.165) is 38.1 Å². The molecule has 0 N–H and O–H groups in total. The summed E-state index contributed by atoms with van der Waals surface area (Å²) < 4.78 is 5.56. The molecule has 0 spiro atoms. The van der Waals surface area contributed by atoms with Crippen LogP contribution in [0.5, 0.6) is 5.75 Å². The number of fused-ring (bicyclic) bond motifs is 1. The van der Waals surface area contributed by atoms with E-state index in [1.54, 1.807) is 7.11 Å². The Balaban J connectivity index is 1.78. The van der Waals surface area contributed by atoms with Crippen molar-refractivity contribution in [3.8, 4) is 5.75 Å². The Labute approximate surface area is 146 Å². The first-order chi connectivity index (χ1) is 11.5. The fourth-order valence-electron chi connectivity index (χ4n) is 4.57. The van der Waals surface area contributed by atoms with Crippen molar-refractivity contribution in [2.24, 2.45) is 11.8 Å². The van der Waals surface area contributed by atoms with Gasteiger partial charge in [-0.15, -0.1) is 0 Å². The lowest BCUT2D eigenvalue weighted by atomic mass is 9.74. The summed E-state index contributed by atoms with van der Waals surface area (Å²) in [5, 5.41) is 0. The molecule has 1 amide bonds. The highest BCUT2D eigenvalue weighted by molar-refractivity contribution is 5.79. The van der Waals surface area contributed by atoms with Crippen LogP contribution in [0.3, 0.4) is 0 Å². The van der Waals surface area contributed by atoms with Crippen molar-refractivity contribution in [3.05, 3.63) is 28.3 Å². The number of methoxy groups -OCH3 is 1. The van der Waals surface area contributed by atoms with E-state index in [0.29, 0.717) is 11.8 Å². The van der Waals surface area contributed by atoms with E-state index >= 15 is 0 Å². The summed E-state index contributed by atoms with van der Waals surface area (Å²) >= 11 is 0. The molecule has 1 fully saturated rings. The average molecular weight is 329 g/mol. The number of benzene rings is 1. The van der Waals surface area contributed by atoms with E-state index < -0.39 is 0 Å². The molecule has 0 bridgehead atoms. The zero-order chi connectivity index (χ0) is 17.3. The Morgan fingerprint density at radius 3 is 2.58 bits per heavy atom. The van der Waals surface area contributed by atoms with E-state index in [2.05, 4.69) is 31.7 Å². The molecule has 2 aliphatic rings. The topological polar surface area (TPSA) is 29.5 Å². The molecule has 0 aromatic heterocycles. The van der Waals surface area contributed by atoms with Crippen molar-refractivity contribution in [2.45, 2.75) is 59.3 Å². The number of rotatable bonds is 3. The van der Waals surface area contributed by atoms with Gasteiger partial charge in [0.2, 0.25) is 5.91 Å². The van der Waals surface area contributed by atoms with Gasteiger partial charge in [0.25, 0.3) is 0 Å². The summed E-state index contributed by atoms with van der Waals surface area (Å²) in [4.78, 5) is 15.0. The number of piperidine rings is 1. The number of carbonyl (C=O) groups excluding carboxylic acids is 1. The highest BCUT2D eigenvalue weighted by atomic mass is 16.5. The van der Waals surface area contributed by atoms with Crippen molar-refractivity contribution in [2.75, 3.05) is 20.2 Å². The third-order valence-corrected chi connectivity index (χ3v) is 6.23. The highest BCUT2D eigenvalue weighted by Gasteiger charge is 2.32. The Bertz CT molecular complexity index is 617. The SMILES string of the molecule is COc1cc(C)c2c(c1C)C[C@H](C(C)C(=O)N1CCCCC1)CC2. The Morgan fingerprint density at radius 2 is 1.92 bits per heavy atom. The van der Waals surface area contributed by atoms with E-state index in [1.807, 2.05) is 0 Å². The predicted molar refractivity (Wildman–Crippen MR) is 97.6 cm³/mol. The van der Waals surface area contributed by atoms with E-state index in [9.17, 15) is 4.79 Å². The summed E-state index contributed by atoms with van der Waals surface area (Å²) in [6.07, 6.45) is 6.84.